The molecule has 0 aliphatic heterocycles. The van der Waals surface area contributed by atoms with Crippen molar-refractivity contribution in [3.63, 3.8) is 0 Å². The van der Waals surface area contributed by atoms with Gasteiger partial charge in [0, 0.05) is 5.57 Å². The van der Waals surface area contributed by atoms with Crippen molar-refractivity contribution in [2.24, 2.45) is 0 Å². The number of rotatable bonds is 2. The van der Waals surface area contributed by atoms with Gasteiger partial charge in [-0.05, 0) is 23.8 Å². The Morgan fingerprint density at radius 2 is 1.68 bits per heavy atom. The highest BCUT2D eigenvalue weighted by atomic mass is 24.3. The fourth-order valence-electron chi connectivity index (χ4n) is 1.63. The number of carbonyl (C=O) groups is 2. The molecule has 0 spiro atoms. The van der Waals surface area contributed by atoms with Crippen molar-refractivity contribution in [1.82, 2.24) is 0 Å². The minimum Gasteiger partial charge on any atom is -0.386 e. The number of fused-ring (bicyclic) bond motifs is 1. The van der Waals surface area contributed by atoms with Crippen molar-refractivity contribution in [3.8, 4) is 0 Å². The van der Waals surface area contributed by atoms with E-state index in [0.717, 1.165) is 10.8 Å². The molecule has 4 heteroatoms. The zero-order valence-electron chi connectivity index (χ0n) is 9.97. The molecular weight excluding hydrogens is 252 g/mol. The van der Waals surface area contributed by atoms with Crippen LogP contribution in [0.25, 0.3) is 10.8 Å². The van der Waals surface area contributed by atoms with Gasteiger partial charge in [0.05, 0.1) is 5.56 Å². The average Bonchev–Trinajstić information content (AvgIpc) is 2.37. The minimum absolute atomic E-state index is 0. The summed E-state index contributed by atoms with van der Waals surface area (Å²) < 4.78 is 4.73. The lowest BCUT2D eigenvalue weighted by Gasteiger charge is -2.05. The van der Waals surface area contributed by atoms with Gasteiger partial charge in [-0.2, -0.15) is 0 Å². The van der Waals surface area contributed by atoms with Crippen molar-refractivity contribution < 1.29 is 14.3 Å². The molecule has 0 saturated heterocycles. The van der Waals surface area contributed by atoms with Crippen molar-refractivity contribution in [1.29, 1.82) is 0 Å². The number of esters is 2. The number of benzene rings is 2. The summed E-state index contributed by atoms with van der Waals surface area (Å²) in [4.78, 5) is 23.2. The Kier molecular flexibility index (Phi) is 5.27. The molecule has 0 radical (unpaired) electrons. The third-order valence-electron chi connectivity index (χ3n) is 2.54. The fraction of sp³-hybridized carbons (Fsp3) is 0.0667. The Bertz CT molecular complexity index is 641. The monoisotopic (exact) mass is 266 g/mol. The molecule has 0 aliphatic rings. The second kappa shape index (κ2) is 6.49. The van der Waals surface area contributed by atoms with Gasteiger partial charge in [0.2, 0.25) is 0 Å². The van der Waals surface area contributed by atoms with E-state index in [4.69, 9.17) is 4.74 Å². The number of carbonyl (C=O) groups excluding carboxylic acids is 2. The van der Waals surface area contributed by atoms with E-state index in [1.165, 1.54) is 6.92 Å². The van der Waals surface area contributed by atoms with Crippen LogP contribution < -0.4 is 0 Å². The van der Waals surface area contributed by atoms with Gasteiger partial charge in [-0.3, -0.25) is 0 Å². The Balaban J connectivity index is 0.00000180. The Morgan fingerprint density at radius 3 is 2.37 bits per heavy atom. The molecule has 0 saturated carbocycles. The molecule has 0 fully saturated rings. The van der Waals surface area contributed by atoms with Gasteiger partial charge >= 0.3 is 35.0 Å². The molecule has 0 aromatic heterocycles. The summed E-state index contributed by atoms with van der Waals surface area (Å²) in [5.41, 5.74) is 0.575. The zero-order chi connectivity index (χ0) is 13.1. The average molecular weight is 267 g/mol. The maximum absolute atomic E-state index is 11.9. The lowest BCUT2D eigenvalue weighted by atomic mass is 10.0. The van der Waals surface area contributed by atoms with Gasteiger partial charge in [-0.1, -0.05) is 43.0 Å². The second-order valence-corrected chi connectivity index (χ2v) is 3.98. The van der Waals surface area contributed by atoms with Gasteiger partial charge in [0.1, 0.15) is 0 Å². The van der Waals surface area contributed by atoms with Crippen LogP contribution in [0.3, 0.4) is 0 Å². The highest BCUT2D eigenvalue weighted by Crippen LogP contribution is 2.19. The third-order valence-corrected chi connectivity index (χ3v) is 2.54. The molecule has 0 bridgehead atoms. The molecule has 0 heterocycles. The van der Waals surface area contributed by atoms with E-state index >= 15 is 0 Å². The topological polar surface area (TPSA) is 43.4 Å². The molecule has 2 rings (SSSR count). The molecule has 3 nitrogen and oxygen atoms in total. The van der Waals surface area contributed by atoms with Crippen LogP contribution in [0.1, 0.15) is 17.3 Å². The summed E-state index contributed by atoms with van der Waals surface area (Å²) >= 11 is 0. The van der Waals surface area contributed by atoms with Crippen LogP contribution in [0.2, 0.25) is 0 Å². The second-order valence-electron chi connectivity index (χ2n) is 3.98. The summed E-state index contributed by atoms with van der Waals surface area (Å²) in [7, 11) is 0. The number of ether oxygens (including phenoxy) is 1. The van der Waals surface area contributed by atoms with Crippen LogP contribution in [-0.2, 0) is 9.53 Å². The largest absolute Gasteiger partial charge is 0.386 e. The molecule has 2 aromatic carbocycles. The van der Waals surface area contributed by atoms with Crippen molar-refractivity contribution in [3.05, 3.63) is 60.2 Å². The SMILES string of the molecule is C=C(C)C(=O)OC(=O)c1cccc2ccccc12.[MgH2]. The predicted octanol–water partition coefficient (Wildman–Crippen LogP) is 2.18. The van der Waals surface area contributed by atoms with Crippen LogP contribution in [-0.4, -0.2) is 35.0 Å². The standard InChI is InChI=1S/C15H12O3.Mg.2H/c1-10(2)14(16)18-15(17)13-9-5-7-11-6-3-4-8-12(11)13;;;/h3-9H,1H2,2H3;;;. The summed E-state index contributed by atoms with van der Waals surface area (Å²) in [6.45, 7) is 4.94. The number of hydrogen-bond donors (Lipinski definition) is 0. The molecule has 19 heavy (non-hydrogen) atoms. The van der Waals surface area contributed by atoms with E-state index in [-0.39, 0.29) is 28.6 Å². The van der Waals surface area contributed by atoms with E-state index in [9.17, 15) is 9.59 Å². The summed E-state index contributed by atoms with van der Waals surface area (Å²) in [5, 5.41) is 1.69. The first-order valence-electron chi connectivity index (χ1n) is 5.49. The summed E-state index contributed by atoms with van der Waals surface area (Å²) in [6, 6.07) is 12.7. The molecule has 0 atom stereocenters. The summed E-state index contributed by atoms with van der Waals surface area (Å²) in [6.07, 6.45) is 0. The first-order chi connectivity index (χ1) is 8.59. The van der Waals surface area contributed by atoms with Gasteiger partial charge in [-0.25, -0.2) is 9.59 Å². The molecule has 0 aliphatic carbocycles. The zero-order valence-corrected chi connectivity index (χ0v) is 9.97. The van der Waals surface area contributed by atoms with Gasteiger partial charge in [-0.15, -0.1) is 0 Å². The molecule has 0 N–H and O–H groups in total. The first-order valence-corrected chi connectivity index (χ1v) is 5.49. The van der Waals surface area contributed by atoms with Gasteiger partial charge in [0.25, 0.3) is 0 Å². The van der Waals surface area contributed by atoms with E-state index in [0.29, 0.717) is 5.56 Å². The summed E-state index contributed by atoms with van der Waals surface area (Å²) in [5.74, 6) is -1.35. The van der Waals surface area contributed by atoms with E-state index < -0.39 is 11.9 Å². The lowest BCUT2D eigenvalue weighted by molar-refractivity contribution is -0.133. The van der Waals surface area contributed by atoms with Gasteiger partial charge < -0.3 is 4.74 Å². The predicted molar refractivity (Wildman–Crippen MR) is 77.7 cm³/mol. The lowest BCUT2D eigenvalue weighted by Crippen LogP contribution is -2.13. The quantitative estimate of drug-likeness (QED) is 0.362. The number of hydrogen-bond acceptors (Lipinski definition) is 3. The van der Waals surface area contributed by atoms with Crippen molar-refractivity contribution in [2.75, 3.05) is 0 Å². The Labute approximate surface area is 127 Å². The van der Waals surface area contributed by atoms with Crippen LogP contribution in [0.4, 0.5) is 0 Å². The maximum atomic E-state index is 11.9. The van der Waals surface area contributed by atoms with Crippen LogP contribution >= 0.6 is 0 Å². The van der Waals surface area contributed by atoms with Crippen molar-refractivity contribution in [2.45, 2.75) is 6.92 Å². The van der Waals surface area contributed by atoms with E-state index in [1.807, 2.05) is 30.3 Å². The highest BCUT2D eigenvalue weighted by Gasteiger charge is 2.15. The molecule has 0 unspecified atom stereocenters. The Hall–Kier alpha value is -1.65. The normalized spacial score (nSPS) is 9.53. The maximum Gasteiger partial charge on any atom is 0.346 e. The highest BCUT2D eigenvalue weighted by molar-refractivity contribution is 6.09. The minimum atomic E-state index is -0.701. The molecule has 2 aromatic rings. The fourth-order valence-corrected chi connectivity index (χ4v) is 1.63. The van der Waals surface area contributed by atoms with Crippen molar-refractivity contribution >= 4 is 45.8 Å². The third kappa shape index (κ3) is 3.42. The first kappa shape index (κ1) is 15.4. The molecule has 0 amide bonds. The van der Waals surface area contributed by atoms with Gasteiger partial charge in [0.15, 0.2) is 0 Å². The Morgan fingerprint density at radius 1 is 1.05 bits per heavy atom. The van der Waals surface area contributed by atoms with Crippen LogP contribution in [0.5, 0.6) is 0 Å². The van der Waals surface area contributed by atoms with E-state index in [2.05, 4.69) is 6.58 Å². The molecule has 94 valence electrons. The van der Waals surface area contributed by atoms with E-state index in [1.54, 1.807) is 12.1 Å². The smallest absolute Gasteiger partial charge is 0.346 e. The molecular formula is C15H14MgO3. The van der Waals surface area contributed by atoms with Crippen LogP contribution in [0.15, 0.2) is 54.6 Å². The van der Waals surface area contributed by atoms with Crippen LogP contribution in [0, 0.1) is 0 Å².